The Hall–Kier alpha value is -2.68. The third-order valence-electron chi connectivity index (χ3n) is 3.02. The van der Waals surface area contributed by atoms with E-state index < -0.39 is 0 Å². The topological polar surface area (TPSA) is 45.8 Å². The number of carbonyl (C=O) groups excluding carboxylic acids is 1. The van der Waals surface area contributed by atoms with E-state index in [1.165, 1.54) is 0 Å². The van der Waals surface area contributed by atoms with Gasteiger partial charge in [0.1, 0.15) is 0 Å². The van der Waals surface area contributed by atoms with E-state index in [-0.39, 0.29) is 5.78 Å². The van der Waals surface area contributed by atoms with E-state index in [2.05, 4.69) is 10.2 Å². The van der Waals surface area contributed by atoms with Gasteiger partial charge in [0.05, 0.1) is 6.20 Å². The zero-order chi connectivity index (χ0) is 13.1. The highest BCUT2D eigenvalue weighted by molar-refractivity contribution is 6.12. The van der Waals surface area contributed by atoms with Crippen molar-refractivity contribution < 1.29 is 4.79 Å². The molecule has 3 aromatic rings. The summed E-state index contributed by atoms with van der Waals surface area (Å²) in [4.78, 5) is 12.5. The van der Waals surface area contributed by atoms with Gasteiger partial charge in [-0.05, 0) is 5.56 Å². The minimum atomic E-state index is 0.0254. The van der Waals surface area contributed by atoms with Gasteiger partial charge in [-0.25, -0.2) is 0 Å². The van der Waals surface area contributed by atoms with Crippen LogP contribution in [0, 0.1) is 0 Å². The monoisotopic (exact) mass is 248 g/mol. The Morgan fingerprint density at radius 3 is 2.42 bits per heavy atom. The van der Waals surface area contributed by atoms with Gasteiger partial charge < -0.3 is 0 Å². The van der Waals surface area contributed by atoms with Crippen LogP contribution in [0.5, 0.6) is 0 Å². The van der Waals surface area contributed by atoms with E-state index in [0.717, 1.165) is 11.1 Å². The molecule has 1 N–H and O–H groups in total. The largest absolute Gasteiger partial charge is 0.289 e. The molecular weight excluding hydrogens is 236 g/mol. The lowest BCUT2D eigenvalue weighted by molar-refractivity contribution is 0.103. The Morgan fingerprint density at radius 2 is 1.68 bits per heavy atom. The van der Waals surface area contributed by atoms with Crippen molar-refractivity contribution in [2.24, 2.45) is 0 Å². The van der Waals surface area contributed by atoms with Gasteiger partial charge in [-0.2, -0.15) is 5.10 Å². The minimum Gasteiger partial charge on any atom is -0.289 e. The smallest absolute Gasteiger partial charge is 0.193 e. The number of hydrogen-bond donors (Lipinski definition) is 1. The van der Waals surface area contributed by atoms with Gasteiger partial charge in [0.25, 0.3) is 0 Å². The number of rotatable bonds is 3. The number of carbonyl (C=O) groups is 1. The van der Waals surface area contributed by atoms with Gasteiger partial charge in [-0.3, -0.25) is 9.89 Å². The molecular formula is C16H12N2O. The zero-order valence-electron chi connectivity index (χ0n) is 10.2. The van der Waals surface area contributed by atoms with Crippen molar-refractivity contribution in [2.75, 3.05) is 0 Å². The lowest BCUT2D eigenvalue weighted by atomic mass is 9.95. The summed E-state index contributed by atoms with van der Waals surface area (Å²) in [5, 5.41) is 6.71. The van der Waals surface area contributed by atoms with E-state index in [1.54, 1.807) is 12.4 Å². The molecule has 3 rings (SSSR count). The summed E-state index contributed by atoms with van der Waals surface area (Å²) >= 11 is 0. The van der Waals surface area contributed by atoms with E-state index in [0.29, 0.717) is 11.1 Å². The Kier molecular flexibility index (Phi) is 2.94. The average molecular weight is 248 g/mol. The number of benzene rings is 2. The first-order valence-corrected chi connectivity index (χ1v) is 6.04. The molecule has 3 heteroatoms. The number of nitrogens with one attached hydrogen (secondary N) is 1. The summed E-state index contributed by atoms with van der Waals surface area (Å²) in [7, 11) is 0. The third kappa shape index (κ3) is 2.18. The first kappa shape index (κ1) is 11.4. The molecule has 0 spiro atoms. The number of aromatic amines is 1. The van der Waals surface area contributed by atoms with Crippen molar-refractivity contribution in [3.05, 3.63) is 78.1 Å². The molecule has 3 nitrogen and oxygen atoms in total. The fraction of sp³-hybridized carbons (Fsp3) is 0. The molecule has 0 atom stereocenters. The zero-order valence-corrected chi connectivity index (χ0v) is 10.2. The van der Waals surface area contributed by atoms with Crippen LogP contribution in [-0.2, 0) is 0 Å². The van der Waals surface area contributed by atoms with E-state index in [9.17, 15) is 4.79 Å². The highest BCUT2D eigenvalue weighted by Crippen LogP contribution is 2.24. The molecule has 1 heterocycles. The summed E-state index contributed by atoms with van der Waals surface area (Å²) in [5.74, 6) is 0.0254. The minimum absolute atomic E-state index is 0.0254. The molecule has 0 unspecified atom stereocenters. The molecule has 1 aromatic heterocycles. The van der Waals surface area contributed by atoms with Crippen LogP contribution in [0.25, 0.3) is 11.1 Å². The molecule has 0 saturated heterocycles. The summed E-state index contributed by atoms with van der Waals surface area (Å²) in [6.45, 7) is 0. The first-order valence-electron chi connectivity index (χ1n) is 6.04. The summed E-state index contributed by atoms with van der Waals surface area (Å²) in [6, 6.07) is 16.9. The summed E-state index contributed by atoms with van der Waals surface area (Å²) < 4.78 is 0. The second-order valence-electron chi connectivity index (χ2n) is 4.23. The second kappa shape index (κ2) is 4.90. The number of nitrogens with zero attached hydrogens (tertiary/aromatic N) is 1. The fourth-order valence-corrected chi connectivity index (χ4v) is 2.08. The first-order chi connectivity index (χ1) is 9.36. The maximum Gasteiger partial charge on any atom is 0.193 e. The predicted octanol–water partition coefficient (Wildman–Crippen LogP) is 3.31. The van der Waals surface area contributed by atoms with Crippen LogP contribution in [0.15, 0.2) is 67.0 Å². The van der Waals surface area contributed by atoms with Crippen LogP contribution in [0.3, 0.4) is 0 Å². The molecule has 0 fully saturated rings. The van der Waals surface area contributed by atoms with Gasteiger partial charge in [0.2, 0.25) is 0 Å². The molecule has 0 radical (unpaired) electrons. The van der Waals surface area contributed by atoms with Crippen molar-refractivity contribution in [3.8, 4) is 11.1 Å². The maximum atomic E-state index is 12.5. The average Bonchev–Trinajstić information content (AvgIpc) is 3.01. The Balaban J connectivity index is 2.09. The molecule has 2 aromatic carbocycles. The number of ketones is 1. The van der Waals surface area contributed by atoms with Gasteiger partial charge in [-0.15, -0.1) is 0 Å². The Morgan fingerprint density at radius 1 is 0.947 bits per heavy atom. The van der Waals surface area contributed by atoms with Crippen LogP contribution in [-0.4, -0.2) is 16.0 Å². The maximum absolute atomic E-state index is 12.5. The molecule has 0 aliphatic rings. The molecule has 0 aliphatic heterocycles. The highest BCUT2D eigenvalue weighted by Gasteiger charge is 2.14. The van der Waals surface area contributed by atoms with Crippen LogP contribution in [0.4, 0.5) is 0 Å². The second-order valence-corrected chi connectivity index (χ2v) is 4.23. The lowest BCUT2D eigenvalue weighted by Crippen LogP contribution is -2.02. The normalized spacial score (nSPS) is 10.3. The van der Waals surface area contributed by atoms with Crippen molar-refractivity contribution >= 4 is 5.78 Å². The molecule has 0 saturated carbocycles. The number of aromatic nitrogens is 2. The van der Waals surface area contributed by atoms with Crippen molar-refractivity contribution in [1.82, 2.24) is 10.2 Å². The molecule has 0 bridgehead atoms. The molecule has 19 heavy (non-hydrogen) atoms. The molecule has 0 amide bonds. The molecule has 0 aliphatic carbocycles. The standard InChI is InChI=1S/C16H12N2O/c19-16(12-6-2-1-3-7-12)15-9-5-4-8-14(15)13-10-17-18-11-13/h1-11H,(H,17,18). The van der Waals surface area contributed by atoms with E-state index >= 15 is 0 Å². The third-order valence-corrected chi connectivity index (χ3v) is 3.02. The van der Waals surface area contributed by atoms with Crippen molar-refractivity contribution in [2.45, 2.75) is 0 Å². The summed E-state index contributed by atoms with van der Waals surface area (Å²) in [5.41, 5.74) is 3.19. The van der Waals surface area contributed by atoms with Crippen molar-refractivity contribution in [3.63, 3.8) is 0 Å². The van der Waals surface area contributed by atoms with Gasteiger partial charge in [0, 0.05) is 22.9 Å². The van der Waals surface area contributed by atoms with Crippen LogP contribution >= 0.6 is 0 Å². The van der Waals surface area contributed by atoms with E-state index in [4.69, 9.17) is 0 Å². The lowest BCUT2D eigenvalue weighted by Gasteiger charge is -2.06. The predicted molar refractivity (Wildman–Crippen MR) is 73.9 cm³/mol. The fourth-order valence-electron chi connectivity index (χ4n) is 2.08. The van der Waals surface area contributed by atoms with Gasteiger partial charge in [-0.1, -0.05) is 54.6 Å². The SMILES string of the molecule is O=C(c1ccccc1)c1ccccc1-c1cn[nH]c1. The van der Waals surface area contributed by atoms with Crippen molar-refractivity contribution in [1.29, 1.82) is 0 Å². The Labute approximate surface area is 110 Å². The van der Waals surface area contributed by atoms with Crippen LogP contribution < -0.4 is 0 Å². The van der Waals surface area contributed by atoms with Gasteiger partial charge in [0.15, 0.2) is 5.78 Å². The quantitative estimate of drug-likeness (QED) is 0.723. The van der Waals surface area contributed by atoms with E-state index in [1.807, 2.05) is 54.6 Å². The summed E-state index contributed by atoms with van der Waals surface area (Å²) in [6.07, 6.45) is 3.51. The van der Waals surface area contributed by atoms with Crippen LogP contribution in [0.2, 0.25) is 0 Å². The number of hydrogen-bond acceptors (Lipinski definition) is 2. The highest BCUT2D eigenvalue weighted by atomic mass is 16.1. The number of H-pyrrole nitrogens is 1. The Bertz CT molecular complexity index is 688. The van der Waals surface area contributed by atoms with Gasteiger partial charge >= 0.3 is 0 Å². The molecule has 92 valence electrons. The van der Waals surface area contributed by atoms with Crippen LogP contribution in [0.1, 0.15) is 15.9 Å².